The largest absolute Gasteiger partial charge is 0.511 e. The lowest BCUT2D eigenvalue weighted by Gasteiger charge is -2.32. The first kappa shape index (κ1) is 25.9. The molecule has 0 atom stereocenters. The molecule has 0 radical (unpaired) electrons. The average Bonchev–Trinajstić information content (AvgIpc) is 2.94. The number of aliphatic imine (C=N–C) groups is 1. The van der Waals surface area contributed by atoms with Gasteiger partial charge in [-0.25, -0.2) is 8.42 Å². The highest BCUT2D eigenvalue weighted by Crippen LogP contribution is 2.28. The molecular formula is C16H28F3IN6O2S. The van der Waals surface area contributed by atoms with Gasteiger partial charge in [0.05, 0.1) is 5.69 Å². The quantitative estimate of drug-likeness (QED) is 0.244. The van der Waals surface area contributed by atoms with Gasteiger partial charge in [0.15, 0.2) is 5.96 Å². The molecule has 0 aromatic carbocycles. The lowest BCUT2D eigenvalue weighted by atomic mass is 10.1. The molecule has 0 aliphatic carbocycles. The number of alkyl halides is 3. The van der Waals surface area contributed by atoms with E-state index in [0.717, 1.165) is 24.4 Å². The van der Waals surface area contributed by atoms with Gasteiger partial charge in [0.2, 0.25) is 0 Å². The molecule has 2 N–H and O–H groups in total. The molecular weight excluding hydrogens is 524 g/mol. The third-order valence-corrected chi connectivity index (χ3v) is 6.22. The number of piperidine rings is 1. The fourth-order valence-electron chi connectivity index (χ4n) is 3.11. The van der Waals surface area contributed by atoms with Crippen LogP contribution in [0.4, 0.5) is 13.2 Å². The molecule has 1 aromatic rings. The molecule has 1 fully saturated rings. The van der Waals surface area contributed by atoms with Gasteiger partial charge in [0, 0.05) is 45.0 Å². The predicted molar refractivity (Wildman–Crippen MR) is 116 cm³/mol. The van der Waals surface area contributed by atoms with Gasteiger partial charge >= 0.3 is 15.5 Å². The normalized spacial score (nSPS) is 17.1. The van der Waals surface area contributed by atoms with Crippen molar-refractivity contribution in [2.45, 2.75) is 51.2 Å². The zero-order chi connectivity index (χ0) is 20.9. The Balaban J connectivity index is 0.00000420. The van der Waals surface area contributed by atoms with Crippen molar-refractivity contribution in [2.24, 2.45) is 4.99 Å². The molecule has 0 unspecified atom stereocenters. The summed E-state index contributed by atoms with van der Waals surface area (Å²) in [6.07, 6.45) is 1.38. The molecule has 1 aliphatic heterocycles. The van der Waals surface area contributed by atoms with Gasteiger partial charge in [-0.1, -0.05) is 0 Å². The van der Waals surface area contributed by atoms with Crippen LogP contribution in [0, 0.1) is 13.8 Å². The van der Waals surface area contributed by atoms with Crippen LogP contribution in [0.15, 0.2) is 11.1 Å². The summed E-state index contributed by atoms with van der Waals surface area (Å²) in [7, 11) is -3.64. The molecule has 1 aromatic heterocycles. The van der Waals surface area contributed by atoms with Crippen LogP contribution in [0.1, 0.15) is 30.7 Å². The average molecular weight is 552 g/mol. The van der Waals surface area contributed by atoms with Crippen molar-refractivity contribution in [1.29, 1.82) is 0 Å². The number of guanidine groups is 1. The van der Waals surface area contributed by atoms with E-state index in [9.17, 15) is 21.6 Å². The van der Waals surface area contributed by atoms with E-state index in [1.807, 2.05) is 24.6 Å². The molecule has 0 saturated carbocycles. The summed E-state index contributed by atoms with van der Waals surface area (Å²) < 4.78 is 63.2. The first-order valence-corrected chi connectivity index (χ1v) is 10.5. The fourth-order valence-corrected chi connectivity index (χ4v) is 4.10. The van der Waals surface area contributed by atoms with Crippen molar-refractivity contribution in [3.63, 3.8) is 0 Å². The van der Waals surface area contributed by atoms with Gasteiger partial charge in [-0.3, -0.25) is 9.67 Å². The van der Waals surface area contributed by atoms with Crippen molar-refractivity contribution in [2.75, 3.05) is 26.7 Å². The molecule has 0 amide bonds. The SMILES string of the molecule is CN=C(NCCCn1nc(C)cc1C)NC1CCN(S(=O)(=O)C(F)(F)F)CC1.I. The number of nitrogens with one attached hydrogen (secondary N) is 2. The van der Waals surface area contributed by atoms with Gasteiger partial charge in [0.1, 0.15) is 0 Å². The number of aromatic nitrogens is 2. The van der Waals surface area contributed by atoms with Gasteiger partial charge in [-0.05, 0) is 39.2 Å². The number of rotatable bonds is 6. The maximum atomic E-state index is 12.6. The molecule has 2 rings (SSSR count). The third kappa shape index (κ3) is 6.98. The first-order chi connectivity index (χ1) is 13.0. The molecule has 13 heteroatoms. The second kappa shape index (κ2) is 10.8. The van der Waals surface area contributed by atoms with E-state index in [0.29, 0.717) is 16.8 Å². The van der Waals surface area contributed by atoms with E-state index in [1.165, 1.54) is 0 Å². The zero-order valence-corrected chi connectivity index (χ0v) is 19.8. The van der Waals surface area contributed by atoms with Crippen LogP contribution in [0.5, 0.6) is 0 Å². The Kier molecular flexibility index (Phi) is 9.66. The summed E-state index contributed by atoms with van der Waals surface area (Å²) in [5, 5.41) is 10.7. The Morgan fingerprint density at radius 1 is 1.31 bits per heavy atom. The smallest absolute Gasteiger partial charge is 0.356 e. The lowest BCUT2D eigenvalue weighted by molar-refractivity contribution is -0.0494. The van der Waals surface area contributed by atoms with E-state index in [1.54, 1.807) is 7.05 Å². The second-order valence-corrected chi connectivity index (χ2v) is 8.70. The number of hydrogen-bond donors (Lipinski definition) is 2. The molecule has 0 bridgehead atoms. The van der Waals surface area contributed by atoms with Crippen molar-refractivity contribution in [1.82, 2.24) is 24.7 Å². The monoisotopic (exact) mass is 552 g/mol. The molecule has 29 heavy (non-hydrogen) atoms. The minimum Gasteiger partial charge on any atom is -0.356 e. The number of hydrogen-bond acceptors (Lipinski definition) is 4. The van der Waals surface area contributed by atoms with Crippen LogP contribution in [0.3, 0.4) is 0 Å². The summed E-state index contributed by atoms with van der Waals surface area (Å²) in [4.78, 5) is 4.12. The zero-order valence-electron chi connectivity index (χ0n) is 16.7. The van der Waals surface area contributed by atoms with Gasteiger partial charge in [0.25, 0.3) is 0 Å². The van der Waals surface area contributed by atoms with E-state index < -0.39 is 15.5 Å². The Bertz CT molecular complexity index is 789. The second-order valence-electron chi connectivity index (χ2n) is 6.77. The molecule has 2 heterocycles. The minimum absolute atomic E-state index is 0. The predicted octanol–water partition coefficient (Wildman–Crippen LogP) is 1.99. The van der Waals surface area contributed by atoms with E-state index in [4.69, 9.17) is 0 Å². The van der Waals surface area contributed by atoms with Crippen LogP contribution in [0.25, 0.3) is 0 Å². The van der Waals surface area contributed by atoms with Crippen molar-refractivity contribution in [3.8, 4) is 0 Å². The van der Waals surface area contributed by atoms with Crippen LogP contribution in [-0.4, -0.2) is 66.7 Å². The minimum atomic E-state index is -5.25. The first-order valence-electron chi connectivity index (χ1n) is 9.09. The highest BCUT2D eigenvalue weighted by atomic mass is 127. The van der Waals surface area contributed by atoms with Crippen LogP contribution in [-0.2, 0) is 16.6 Å². The van der Waals surface area contributed by atoms with Crippen LogP contribution < -0.4 is 10.6 Å². The molecule has 1 saturated heterocycles. The van der Waals surface area contributed by atoms with Gasteiger partial charge in [-0.15, -0.1) is 24.0 Å². The number of aryl methyl sites for hydroxylation is 3. The topological polar surface area (TPSA) is 91.6 Å². The van der Waals surface area contributed by atoms with Gasteiger partial charge in [-0.2, -0.15) is 22.6 Å². The molecule has 168 valence electrons. The van der Waals surface area contributed by atoms with Crippen LogP contribution >= 0.6 is 24.0 Å². The summed E-state index contributed by atoms with van der Waals surface area (Å²) in [6.45, 7) is 5.01. The van der Waals surface area contributed by atoms with Crippen LogP contribution in [0.2, 0.25) is 0 Å². The summed E-state index contributed by atoms with van der Waals surface area (Å²) in [6, 6.07) is 1.88. The van der Waals surface area contributed by atoms with E-state index in [2.05, 4.69) is 20.7 Å². The summed E-state index contributed by atoms with van der Waals surface area (Å²) in [5.41, 5.74) is -3.18. The Labute approximate surface area is 186 Å². The van der Waals surface area contributed by atoms with E-state index in [-0.39, 0.29) is 55.9 Å². The molecule has 8 nitrogen and oxygen atoms in total. The molecule has 1 aliphatic rings. The summed E-state index contributed by atoms with van der Waals surface area (Å²) in [5.74, 6) is 0.547. The maximum absolute atomic E-state index is 12.6. The van der Waals surface area contributed by atoms with Crippen molar-refractivity contribution in [3.05, 3.63) is 17.5 Å². The Morgan fingerprint density at radius 3 is 2.41 bits per heavy atom. The lowest BCUT2D eigenvalue weighted by Crippen LogP contribution is -2.51. The van der Waals surface area contributed by atoms with Gasteiger partial charge < -0.3 is 10.6 Å². The fraction of sp³-hybridized carbons (Fsp3) is 0.750. The number of sulfonamides is 1. The number of halogens is 4. The Hall–Kier alpha value is -1.09. The maximum Gasteiger partial charge on any atom is 0.511 e. The highest BCUT2D eigenvalue weighted by molar-refractivity contribution is 14.0. The number of nitrogens with zero attached hydrogens (tertiary/aromatic N) is 4. The van der Waals surface area contributed by atoms with Crippen molar-refractivity contribution >= 4 is 40.0 Å². The van der Waals surface area contributed by atoms with E-state index >= 15 is 0 Å². The highest BCUT2D eigenvalue weighted by Gasteiger charge is 2.50. The Morgan fingerprint density at radius 2 is 1.93 bits per heavy atom. The summed E-state index contributed by atoms with van der Waals surface area (Å²) >= 11 is 0. The van der Waals surface area contributed by atoms with Crippen molar-refractivity contribution < 1.29 is 21.6 Å². The third-order valence-electron chi connectivity index (χ3n) is 4.59. The standard InChI is InChI=1S/C16H27F3N6O2S.HI/c1-12-11-13(2)25(23-12)8-4-7-21-15(20-3)22-14-5-9-24(10-6-14)28(26,27)16(17,18)19;/h11,14H,4-10H2,1-3H3,(H2,20,21,22);1H. The molecule has 0 spiro atoms.